The van der Waals surface area contributed by atoms with Crippen LogP contribution in [0.25, 0.3) is 0 Å². The molecule has 8 heteroatoms. The Morgan fingerprint density at radius 3 is 2.51 bits per heavy atom. The van der Waals surface area contributed by atoms with Gasteiger partial charge in [-0.25, -0.2) is 9.18 Å². The number of imide groups is 1. The molecule has 2 aromatic rings. The molecule has 2 heterocycles. The van der Waals surface area contributed by atoms with Crippen LogP contribution >= 0.6 is 0 Å². The van der Waals surface area contributed by atoms with Crippen molar-refractivity contribution < 1.29 is 23.5 Å². The van der Waals surface area contributed by atoms with E-state index in [9.17, 15) is 18.8 Å². The maximum Gasteiger partial charge on any atom is 0.325 e. The van der Waals surface area contributed by atoms with Crippen LogP contribution < -0.4 is 5.32 Å². The highest BCUT2D eigenvalue weighted by Crippen LogP contribution is 2.37. The van der Waals surface area contributed by atoms with Crippen LogP contribution in [-0.4, -0.2) is 66.5 Å². The van der Waals surface area contributed by atoms with Gasteiger partial charge in [0.15, 0.2) is 0 Å². The van der Waals surface area contributed by atoms with Gasteiger partial charge < -0.3 is 15.0 Å². The lowest BCUT2D eigenvalue weighted by Crippen LogP contribution is -2.58. The molecular formula is C27H32FN3O4. The average Bonchev–Trinajstić information content (AvgIpc) is 3.08. The van der Waals surface area contributed by atoms with Crippen LogP contribution in [0.2, 0.25) is 0 Å². The van der Waals surface area contributed by atoms with Gasteiger partial charge in [-0.05, 0) is 73.6 Å². The minimum absolute atomic E-state index is 0.0331. The van der Waals surface area contributed by atoms with Crippen LogP contribution in [0.3, 0.4) is 0 Å². The fourth-order valence-corrected chi connectivity index (χ4v) is 5.17. The van der Waals surface area contributed by atoms with E-state index in [1.165, 1.54) is 24.1 Å². The van der Waals surface area contributed by atoms with Gasteiger partial charge in [-0.3, -0.25) is 14.5 Å². The highest BCUT2D eigenvalue weighted by atomic mass is 19.1. The molecule has 0 spiro atoms. The van der Waals surface area contributed by atoms with Gasteiger partial charge in [-0.15, -0.1) is 0 Å². The predicted molar refractivity (Wildman–Crippen MR) is 129 cm³/mol. The number of hydrogen-bond acceptors (Lipinski definition) is 4. The van der Waals surface area contributed by atoms with E-state index in [2.05, 4.69) is 5.32 Å². The zero-order valence-corrected chi connectivity index (χ0v) is 20.5. The van der Waals surface area contributed by atoms with Crippen molar-refractivity contribution in [1.82, 2.24) is 15.1 Å². The Hall–Kier alpha value is -3.26. The second-order valence-electron chi connectivity index (χ2n) is 9.52. The summed E-state index contributed by atoms with van der Waals surface area (Å²) >= 11 is 0. The third-order valence-electron chi connectivity index (χ3n) is 7.33. The summed E-state index contributed by atoms with van der Waals surface area (Å²) in [5.74, 6) is -0.935. The minimum atomic E-state index is -1.19. The zero-order chi connectivity index (χ0) is 25.2. The van der Waals surface area contributed by atoms with Crippen molar-refractivity contribution in [2.75, 3.05) is 33.4 Å². The summed E-state index contributed by atoms with van der Waals surface area (Å²) in [6.07, 6.45) is 1.29. The Labute approximate surface area is 205 Å². The molecule has 0 bridgehead atoms. The fraction of sp³-hybridized carbons (Fsp3) is 0.444. The average molecular weight is 482 g/mol. The summed E-state index contributed by atoms with van der Waals surface area (Å²) in [4.78, 5) is 42.6. The maximum absolute atomic E-state index is 13.9. The third kappa shape index (κ3) is 4.93. The number of aryl methyl sites for hydroxylation is 2. The van der Waals surface area contributed by atoms with Gasteiger partial charge in [0.05, 0.1) is 13.2 Å². The molecule has 0 saturated carbocycles. The molecule has 4 rings (SSSR count). The van der Waals surface area contributed by atoms with Crippen molar-refractivity contribution in [3.8, 4) is 0 Å². The largest absolute Gasteiger partial charge is 0.383 e. The van der Waals surface area contributed by atoms with E-state index >= 15 is 0 Å². The number of hydrogen-bond donors (Lipinski definition) is 1. The number of likely N-dealkylation sites (tertiary alicyclic amines) is 1. The number of urea groups is 1. The number of carbonyl (C=O) groups excluding carboxylic acids is 3. The smallest absolute Gasteiger partial charge is 0.325 e. The topological polar surface area (TPSA) is 79.0 Å². The Morgan fingerprint density at radius 2 is 1.86 bits per heavy atom. The lowest BCUT2D eigenvalue weighted by atomic mass is 9.73. The zero-order valence-electron chi connectivity index (χ0n) is 20.5. The Bertz CT molecular complexity index is 1130. The SMILES string of the molecule is COCCN1C(=O)N[C@@](Cc2cccc(F)c2)(C2CCN(C(=O)c3ccc(C)c(C)c3)CC2)C1=O. The number of nitrogens with zero attached hydrogens (tertiary/aromatic N) is 2. The van der Waals surface area contributed by atoms with Gasteiger partial charge in [0.1, 0.15) is 11.4 Å². The van der Waals surface area contributed by atoms with Crippen LogP contribution in [0.15, 0.2) is 42.5 Å². The molecule has 2 aliphatic rings. The number of benzene rings is 2. The third-order valence-corrected chi connectivity index (χ3v) is 7.33. The molecule has 0 aliphatic carbocycles. The monoisotopic (exact) mass is 481 g/mol. The first kappa shape index (κ1) is 24.9. The standard InChI is InChI=1S/C27H32FN3O4/c1-18-7-8-21(15-19(18)2)24(32)30-11-9-22(10-12-30)27(17-20-5-4-6-23(28)16-20)25(33)31(13-14-35-3)26(34)29-27/h4-8,15-16,22H,9-14,17H2,1-3H3,(H,29,34)/t27-/m0/s1. The van der Waals surface area contributed by atoms with Crippen LogP contribution in [-0.2, 0) is 16.0 Å². The summed E-state index contributed by atoms with van der Waals surface area (Å²) in [5, 5.41) is 2.96. The summed E-state index contributed by atoms with van der Waals surface area (Å²) in [6, 6.07) is 11.4. The maximum atomic E-state index is 13.9. The molecule has 0 aromatic heterocycles. The predicted octanol–water partition coefficient (Wildman–Crippen LogP) is 3.47. The molecule has 1 N–H and O–H groups in total. The highest BCUT2D eigenvalue weighted by Gasteiger charge is 2.55. The van der Waals surface area contributed by atoms with Crippen molar-refractivity contribution in [2.24, 2.45) is 5.92 Å². The van der Waals surface area contributed by atoms with Gasteiger partial charge in [0.2, 0.25) is 0 Å². The van der Waals surface area contributed by atoms with Gasteiger partial charge in [0.25, 0.3) is 11.8 Å². The first-order chi connectivity index (χ1) is 16.7. The van der Waals surface area contributed by atoms with Gasteiger partial charge in [-0.2, -0.15) is 0 Å². The number of piperidine rings is 1. The second kappa shape index (κ2) is 10.2. The molecule has 2 fully saturated rings. The molecule has 186 valence electrons. The molecule has 35 heavy (non-hydrogen) atoms. The Morgan fingerprint density at radius 1 is 1.11 bits per heavy atom. The number of amides is 4. The van der Waals surface area contributed by atoms with Crippen molar-refractivity contribution >= 4 is 17.8 Å². The highest BCUT2D eigenvalue weighted by molar-refractivity contribution is 6.07. The number of nitrogens with one attached hydrogen (secondary N) is 1. The normalized spacial score (nSPS) is 20.9. The molecule has 4 amide bonds. The first-order valence-corrected chi connectivity index (χ1v) is 12.0. The van der Waals surface area contributed by atoms with Crippen molar-refractivity contribution in [1.29, 1.82) is 0 Å². The summed E-state index contributed by atoms with van der Waals surface area (Å²) in [7, 11) is 1.51. The molecule has 7 nitrogen and oxygen atoms in total. The molecule has 2 aromatic carbocycles. The van der Waals surface area contributed by atoms with Crippen LogP contribution in [0.1, 0.15) is 39.9 Å². The lowest BCUT2D eigenvalue weighted by molar-refractivity contribution is -0.134. The van der Waals surface area contributed by atoms with E-state index in [1.807, 2.05) is 32.0 Å². The van der Waals surface area contributed by atoms with E-state index in [0.717, 1.165) is 11.1 Å². The Kier molecular flexibility index (Phi) is 7.21. The van der Waals surface area contributed by atoms with Crippen molar-refractivity contribution in [3.05, 3.63) is 70.5 Å². The van der Waals surface area contributed by atoms with E-state index in [0.29, 0.717) is 37.1 Å². The Balaban J connectivity index is 1.56. The number of carbonyl (C=O) groups is 3. The lowest BCUT2D eigenvalue weighted by Gasteiger charge is -2.41. The van der Waals surface area contributed by atoms with Crippen LogP contribution in [0.5, 0.6) is 0 Å². The van der Waals surface area contributed by atoms with Crippen molar-refractivity contribution in [2.45, 2.75) is 38.6 Å². The second-order valence-corrected chi connectivity index (χ2v) is 9.52. The first-order valence-electron chi connectivity index (χ1n) is 12.0. The van der Waals surface area contributed by atoms with E-state index in [1.54, 1.807) is 17.0 Å². The number of methoxy groups -OCH3 is 1. The number of rotatable bonds is 7. The van der Waals surface area contributed by atoms with Gasteiger partial charge >= 0.3 is 6.03 Å². The fourth-order valence-electron chi connectivity index (χ4n) is 5.17. The van der Waals surface area contributed by atoms with E-state index in [4.69, 9.17) is 4.74 Å². The molecule has 2 saturated heterocycles. The van der Waals surface area contributed by atoms with Crippen molar-refractivity contribution in [3.63, 3.8) is 0 Å². The van der Waals surface area contributed by atoms with Crippen LogP contribution in [0.4, 0.5) is 9.18 Å². The number of ether oxygens (including phenoxy) is 1. The summed E-state index contributed by atoms with van der Waals surface area (Å²) < 4.78 is 19.0. The summed E-state index contributed by atoms with van der Waals surface area (Å²) in [5.41, 5.74) is 2.30. The van der Waals surface area contributed by atoms with E-state index in [-0.39, 0.29) is 43.1 Å². The van der Waals surface area contributed by atoms with Crippen LogP contribution in [0, 0.1) is 25.6 Å². The summed E-state index contributed by atoms with van der Waals surface area (Å²) in [6.45, 7) is 5.33. The minimum Gasteiger partial charge on any atom is -0.383 e. The van der Waals surface area contributed by atoms with Gasteiger partial charge in [0, 0.05) is 32.2 Å². The number of halogens is 1. The molecule has 2 aliphatic heterocycles. The molecular weight excluding hydrogens is 449 g/mol. The molecule has 0 unspecified atom stereocenters. The molecule has 0 radical (unpaired) electrons. The quantitative estimate of drug-likeness (QED) is 0.615. The van der Waals surface area contributed by atoms with E-state index < -0.39 is 11.6 Å². The van der Waals surface area contributed by atoms with Gasteiger partial charge in [-0.1, -0.05) is 18.2 Å². The molecule has 1 atom stereocenters.